The third-order valence-corrected chi connectivity index (χ3v) is 7.84. The highest BCUT2D eigenvalue weighted by Crippen LogP contribution is 2.39. The minimum Gasteiger partial charge on any atom is -0.465 e. The van der Waals surface area contributed by atoms with Crippen molar-refractivity contribution in [2.45, 2.75) is 25.7 Å². The average Bonchev–Trinajstić information content (AvgIpc) is 3.25. The second kappa shape index (κ2) is 8.39. The molecule has 4 rings (SSSR count). The molecule has 2 N–H and O–H groups in total. The van der Waals surface area contributed by atoms with Crippen LogP contribution in [0.1, 0.15) is 43.3 Å². The molecule has 2 heterocycles. The molecule has 0 bridgehead atoms. The number of anilines is 1. The van der Waals surface area contributed by atoms with Crippen LogP contribution in [-0.2, 0) is 17.6 Å². The molecule has 29 heavy (non-hydrogen) atoms. The summed E-state index contributed by atoms with van der Waals surface area (Å²) in [5.74, 6) is -0.775. The molecule has 0 atom stereocenters. The maximum Gasteiger partial charge on any atom is 0.341 e. The lowest BCUT2D eigenvalue weighted by atomic mass is 9.95. The van der Waals surface area contributed by atoms with Gasteiger partial charge >= 0.3 is 5.97 Å². The molecule has 0 radical (unpaired) electrons. The number of esters is 1. The summed E-state index contributed by atoms with van der Waals surface area (Å²) in [4.78, 5) is 26.6. The number of methoxy groups -OCH3 is 1. The summed E-state index contributed by atoms with van der Waals surface area (Å²) in [6, 6.07) is 7.57. The number of nitrogens with one attached hydrogen (secondary N) is 2. The minimum atomic E-state index is -0.395. The summed E-state index contributed by atoms with van der Waals surface area (Å²) in [5.41, 5.74) is 1.54. The van der Waals surface area contributed by atoms with Crippen LogP contribution in [0.25, 0.3) is 10.1 Å². The van der Waals surface area contributed by atoms with Gasteiger partial charge < -0.3 is 10.1 Å². The number of rotatable bonds is 3. The van der Waals surface area contributed by atoms with Crippen LogP contribution in [0, 0.1) is 0 Å². The average molecular weight is 465 g/mol. The smallest absolute Gasteiger partial charge is 0.341 e. The number of amides is 1. The zero-order valence-corrected chi connectivity index (χ0v) is 18.7. The first-order chi connectivity index (χ1) is 14.0. The molecular weight excluding hydrogens is 448 g/mol. The van der Waals surface area contributed by atoms with Crippen molar-refractivity contribution in [2.75, 3.05) is 12.4 Å². The van der Waals surface area contributed by atoms with Gasteiger partial charge in [0.05, 0.1) is 17.7 Å². The van der Waals surface area contributed by atoms with E-state index in [-0.39, 0.29) is 11.0 Å². The Morgan fingerprint density at radius 1 is 1.17 bits per heavy atom. The predicted molar refractivity (Wildman–Crippen MR) is 123 cm³/mol. The van der Waals surface area contributed by atoms with E-state index in [0.717, 1.165) is 41.3 Å². The lowest BCUT2D eigenvalue weighted by molar-refractivity contribution is 0.0601. The number of halogens is 1. The van der Waals surface area contributed by atoms with Gasteiger partial charge in [-0.05, 0) is 49.5 Å². The van der Waals surface area contributed by atoms with Crippen LogP contribution in [0.3, 0.4) is 0 Å². The van der Waals surface area contributed by atoms with Crippen LogP contribution in [0.5, 0.6) is 0 Å². The molecule has 2 aromatic heterocycles. The third kappa shape index (κ3) is 3.90. The first kappa shape index (κ1) is 20.3. The molecule has 1 aromatic carbocycles. The molecule has 5 nitrogen and oxygen atoms in total. The molecule has 3 aromatic rings. The molecule has 0 aliphatic heterocycles. The fraction of sp³-hybridized carbons (Fsp3) is 0.250. The Kier molecular flexibility index (Phi) is 5.87. The number of carbonyl (C=O) groups is 2. The zero-order chi connectivity index (χ0) is 20.5. The molecule has 0 fully saturated rings. The van der Waals surface area contributed by atoms with Gasteiger partial charge in [-0.25, -0.2) is 4.79 Å². The van der Waals surface area contributed by atoms with Gasteiger partial charge in [-0.1, -0.05) is 29.8 Å². The maximum absolute atomic E-state index is 12.7. The Labute approximate surface area is 186 Å². The standard InChI is InChI=1S/C20H17ClN2O3S3/c1-26-19(25)14-10-6-2-4-8-12(10)29-18(14)23-20(27)22-17(24)16-15(21)11-7-3-5-9-13(11)28-16/h3,5,7,9H,2,4,6,8H2,1H3,(H2,22,23,24,27). The molecular formula is C20H17ClN2O3S3. The highest BCUT2D eigenvalue weighted by Gasteiger charge is 2.27. The van der Waals surface area contributed by atoms with E-state index in [0.29, 0.717) is 20.5 Å². The summed E-state index contributed by atoms with van der Waals surface area (Å²) in [7, 11) is 1.36. The van der Waals surface area contributed by atoms with Gasteiger partial charge in [-0.2, -0.15) is 0 Å². The van der Waals surface area contributed by atoms with E-state index >= 15 is 0 Å². The molecule has 1 aliphatic rings. The van der Waals surface area contributed by atoms with Gasteiger partial charge in [0.25, 0.3) is 5.91 Å². The van der Waals surface area contributed by atoms with Crippen LogP contribution in [-0.4, -0.2) is 24.1 Å². The second-order valence-electron chi connectivity index (χ2n) is 6.56. The lowest BCUT2D eigenvalue weighted by Crippen LogP contribution is -2.34. The van der Waals surface area contributed by atoms with Crippen LogP contribution >= 0.6 is 46.5 Å². The monoisotopic (exact) mass is 464 g/mol. The molecule has 1 aliphatic carbocycles. The molecule has 1 amide bonds. The Balaban J connectivity index is 1.55. The van der Waals surface area contributed by atoms with Gasteiger partial charge in [-0.3, -0.25) is 10.1 Å². The maximum atomic E-state index is 12.7. The van der Waals surface area contributed by atoms with Gasteiger partial charge in [0.1, 0.15) is 9.88 Å². The number of benzene rings is 1. The molecule has 0 saturated heterocycles. The van der Waals surface area contributed by atoms with Crippen molar-refractivity contribution in [3.05, 3.63) is 50.2 Å². The summed E-state index contributed by atoms with van der Waals surface area (Å²) >= 11 is 14.5. The number of thiophene rings is 2. The van der Waals surface area contributed by atoms with Gasteiger partial charge in [-0.15, -0.1) is 22.7 Å². The Morgan fingerprint density at radius 2 is 1.93 bits per heavy atom. The highest BCUT2D eigenvalue weighted by molar-refractivity contribution is 7.80. The first-order valence-electron chi connectivity index (χ1n) is 9.01. The van der Waals surface area contributed by atoms with Crippen molar-refractivity contribution < 1.29 is 14.3 Å². The Morgan fingerprint density at radius 3 is 2.69 bits per heavy atom. The SMILES string of the molecule is COC(=O)c1c(NC(=S)NC(=O)c2sc3ccccc3c2Cl)sc2c1CCCC2. The van der Waals surface area contributed by atoms with E-state index in [4.69, 9.17) is 28.6 Å². The third-order valence-electron chi connectivity index (χ3n) is 4.76. The van der Waals surface area contributed by atoms with Crippen molar-refractivity contribution in [1.82, 2.24) is 5.32 Å². The molecule has 0 unspecified atom stereocenters. The van der Waals surface area contributed by atoms with E-state index in [2.05, 4.69) is 10.6 Å². The lowest BCUT2D eigenvalue weighted by Gasteiger charge is -2.12. The first-order valence-corrected chi connectivity index (χ1v) is 11.4. The van der Waals surface area contributed by atoms with Crippen LogP contribution in [0.15, 0.2) is 24.3 Å². The van der Waals surface area contributed by atoms with Crippen molar-refractivity contribution in [2.24, 2.45) is 0 Å². The van der Waals surface area contributed by atoms with E-state index in [1.807, 2.05) is 24.3 Å². The van der Waals surface area contributed by atoms with Crippen molar-refractivity contribution in [3.63, 3.8) is 0 Å². The fourth-order valence-corrected chi connectivity index (χ4v) is 6.38. The van der Waals surface area contributed by atoms with Gasteiger partial charge in [0, 0.05) is 15.0 Å². The number of ether oxygens (including phenoxy) is 1. The number of aryl methyl sites for hydroxylation is 1. The number of fused-ring (bicyclic) bond motifs is 2. The number of hydrogen-bond acceptors (Lipinski definition) is 6. The molecule has 150 valence electrons. The van der Waals surface area contributed by atoms with Crippen molar-refractivity contribution >= 4 is 78.6 Å². The largest absolute Gasteiger partial charge is 0.465 e. The minimum absolute atomic E-state index is 0.118. The zero-order valence-electron chi connectivity index (χ0n) is 15.5. The molecule has 0 saturated carbocycles. The quantitative estimate of drug-likeness (QED) is 0.400. The molecule has 0 spiro atoms. The summed E-state index contributed by atoms with van der Waals surface area (Å²) < 4.78 is 5.90. The van der Waals surface area contributed by atoms with Crippen molar-refractivity contribution in [1.29, 1.82) is 0 Å². The van der Waals surface area contributed by atoms with E-state index in [1.165, 1.54) is 34.7 Å². The van der Waals surface area contributed by atoms with E-state index < -0.39 is 5.97 Å². The van der Waals surface area contributed by atoms with E-state index in [9.17, 15) is 9.59 Å². The normalized spacial score (nSPS) is 13.0. The van der Waals surface area contributed by atoms with Crippen LogP contribution in [0.2, 0.25) is 5.02 Å². The van der Waals surface area contributed by atoms with Gasteiger partial charge in [0.15, 0.2) is 5.11 Å². The van der Waals surface area contributed by atoms with Crippen molar-refractivity contribution in [3.8, 4) is 0 Å². The summed E-state index contributed by atoms with van der Waals surface area (Å²) in [6.45, 7) is 0. The summed E-state index contributed by atoms with van der Waals surface area (Å²) in [5, 5.41) is 7.66. The topological polar surface area (TPSA) is 67.4 Å². The fourth-order valence-electron chi connectivity index (χ4n) is 3.43. The Bertz CT molecular complexity index is 1140. The van der Waals surface area contributed by atoms with Crippen LogP contribution < -0.4 is 10.6 Å². The van der Waals surface area contributed by atoms with Crippen LogP contribution in [0.4, 0.5) is 5.00 Å². The Hall–Kier alpha value is -2.00. The number of carbonyl (C=O) groups excluding carboxylic acids is 2. The molecule has 9 heteroatoms. The predicted octanol–water partition coefficient (Wildman–Crippen LogP) is 5.41. The summed E-state index contributed by atoms with van der Waals surface area (Å²) in [6.07, 6.45) is 3.91. The van der Waals surface area contributed by atoms with E-state index in [1.54, 1.807) is 0 Å². The second-order valence-corrected chi connectivity index (χ2v) is 9.50. The number of thiocarbonyl (C=S) groups is 1. The highest BCUT2D eigenvalue weighted by atomic mass is 35.5. The number of hydrogen-bond donors (Lipinski definition) is 2. The van der Waals surface area contributed by atoms with Gasteiger partial charge in [0.2, 0.25) is 0 Å².